The number of benzene rings is 1. The zero-order valence-corrected chi connectivity index (χ0v) is 12.0. The van der Waals surface area contributed by atoms with Gasteiger partial charge in [-0.2, -0.15) is 0 Å². The molecule has 0 fully saturated rings. The molecule has 112 valence electrons. The Labute approximate surface area is 126 Å². The van der Waals surface area contributed by atoms with Gasteiger partial charge in [0.15, 0.2) is 5.65 Å². The minimum absolute atomic E-state index is 0.299. The van der Waals surface area contributed by atoms with E-state index >= 15 is 0 Å². The van der Waals surface area contributed by atoms with Crippen LogP contribution in [0.5, 0.6) is 5.75 Å². The number of hydrogen-bond acceptors (Lipinski definition) is 4. The van der Waals surface area contributed by atoms with E-state index in [1.165, 1.54) is 0 Å². The molecular weight excluding hydrogens is 282 g/mol. The van der Waals surface area contributed by atoms with E-state index in [0.29, 0.717) is 17.9 Å². The molecule has 0 radical (unpaired) electrons. The highest BCUT2D eigenvalue weighted by Crippen LogP contribution is 2.13. The van der Waals surface area contributed by atoms with Gasteiger partial charge in [-0.15, -0.1) is 10.2 Å². The van der Waals surface area contributed by atoms with Crippen molar-refractivity contribution < 1.29 is 9.53 Å². The van der Waals surface area contributed by atoms with Crippen LogP contribution in [0.3, 0.4) is 0 Å². The number of aromatic nitrogens is 3. The number of fused-ring (bicyclic) bond motifs is 1. The predicted molar refractivity (Wildman–Crippen MR) is 81.8 cm³/mol. The zero-order chi connectivity index (χ0) is 15.4. The summed E-state index contributed by atoms with van der Waals surface area (Å²) in [6, 6.07) is 10.8. The van der Waals surface area contributed by atoms with Gasteiger partial charge in [-0.3, -0.25) is 4.40 Å². The normalized spacial score (nSPS) is 10.4. The Bertz CT molecular complexity index is 782. The summed E-state index contributed by atoms with van der Waals surface area (Å²) in [6.45, 7) is 0.422. The smallest absolute Gasteiger partial charge is 0.319 e. The van der Waals surface area contributed by atoms with Gasteiger partial charge >= 0.3 is 6.03 Å². The molecule has 0 unspecified atom stereocenters. The number of urea groups is 1. The van der Waals surface area contributed by atoms with Gasteiger partial charge in [0.05, 0.1) is 12.8 Å². The van der Waals surface area contributed by atoms with E-state index in [2.05, 4.69) is 20.8 Å². The SMILES string of the molecule is COc1ccc(CNC(=O)Nc2cccn3cnnc23)cc1. The van der Waals surface area contributed by atoms with Crippen LogP contribution in [-0.2, 0) is 6.54 Å². The number of amides is 2. The predicted octanol–water partition coefficient (Wildman–Crippen LogP) is 2.06. The molecule has 0 saturated heterocycles. The van der Waals surface area contributed by atoms with Crippen molar-refractivity contribution in [2.75, 3.05) is 12.4 Å². The van der Waals surface area contributed by atoms with Crippen LogP contribution in [-0.4, -0.2) is 27.7 Å². The van der Waals surface area contributed by atoms with Gasteiger partial charge in [0.1, 0.15) is 12.1 Å². The van der Waals surface area contributed by atoms with Crippen LogP contribution in [0.1, 0.15) is 5.56 Å². The molecule has 3 aromatic rings. The molecule has 0 aliphatic rings. The van der Waals surface area contributed by atoms with Crippen LogP contribution >= 0.6 is 0 Å². The van der Waals surface area contributed by atoms with E-state index in [4.69, 9.17) is 4.74 Å². The maximum atomic E-state index is 12.0. The minimum Gasteiger partial charge on any atom is -0.497 e. The second-order valence-corrected chi connectivity index (χ2v) is 4.64. The second-order valence-electron chi connectivity index (χ2n) is 4.64. The highest BCUT2D eigenvalue weighted by molar-refractivity contribution is 5.92. The molecular formula is C15H15N5O2. The molecule has 3 rings (SSSR count). The number of hydrogen-bond donors (Lipinski definition) is 2. The fourth-order valence-corrected chi connectivity index (χ4v) is 2.04. The standard InChI is InChI=1S/C15H15N5O2/c1-22-12-6-4-11(5-7-12)9-16-15(21)18-13-3-2-8-20-10-17-19-14(13)20/h2-8,10H,9H2,1H3,(H2,16,18,21). The summed E-state index contributed by atoms with van der Waals surface area (Å²) in [5, 5.41) is 13.3. The molecule has 2 amide bonds. The summed E-state index contributed by atoms with van der Waals surface area (Å²) in [7, 11) is 1.62. The number of rotatable bonds is 4. The lowest BCUT2D eigenvalue weighted by molar-refractivity contribution is 0.252. The molecule has 0 aliphatic heterocycles. The maximum absolute atomic E-state index is 12.0. The Hall–Kier alpha value is -3.09. The number of carbonyl (C=O) groups excluding carboxylic acids is 1. The molecule has 0 atom stereocenters. The van der Waals surface area contributed by atoms with Gasteiger partial charge in [0.25, 0.3) is 0 Å². The first kappa shape index (κ1) is 13.9. The lowest BCUT2D eigenvalue weighted by Crippen LogP contribution is -2.28. The molecule has 7 nitrogen and oxygen atoms in total. The van der Waals surface area contributed by atoms with E-state index in [1.807, 2.05) is 36.5 Å². The Morgan fingerprint density at radius 2 is 2.09 bits per heavy atom. The lowest BCUT2D eigenvalue weighted by Gasteiger charge is -2.08. The van der Waals surface area contributed by atoms with Gasteiger partial charge < -0.3 is 15.4 Å². The topological polar surface area (TPSA) is 80.5 Å². The summed E-state index contributed by atoms with van der Waals surface area (Å²) in [4.78, 5) is 12.0. The highest BCUT2D eigenvalue weighted by atomic mass is 16.5. The van der Waals surface area contributed by atoms with Gasteiger partial charge in [-0.05, 0) is 29.8 Å². The Balaban J connectivity index is 1.61. The largest absolute Gasteiger partial charge is 0.497 e. The first-order chi connectivity index (χ1) is 10.8. The van der Waals surface area contributed by atoms with Crippen molar-refractivity contribution in [2.45, 2.75) is 6.54 Å². The molecule has 22 heavy (non-hydrogen) atoms. The summed E-state index contributed by atoms with van der Waals surface area (Å²) in [6.07, 6.45) is 3.39. The van der Waals surface area contributed by atoms with Crippen molar-refractivity contribution in [1.82, 2.24) is 19.9 Å². The van der Waals surface area contributed by atoms with Gasteiger partial charge in [-0.25, -0.2) is 4.79 Å². The summed E-state index contributed by atoms with van der Waals surface area (Å²) < 4.78 is 6.83. The van der Waals surface area contributed by atoms with Crippen LogP contribution in [0.25, 0.3) is 5.65 Å². The number of nitrogens with zero attached hydrogens (tertiary/aromatic N) is 3. The number of ether oxygens (including phenoxy) is 1. The summed E-state index contributed by atoms with van der Waals surface area (Å²) in [5.74, 6) is 0.784. The van der Waals surface area contributed by atoms with E-state index in [0.717, 1.165) is 11.3 Å². The molecule has 7 heteroatoms. The van der Waals surface area contributed by atoms with Gasteiger partial charge in [-0.1, -0.05) is 12.1 Å². The fraction of sp³-hybridized carbons (Fsp3) is 0.133. The number of methoxy groups -OCH3 is 1. The third-order valence-electron chi connectivity index (χ3n) is 3.18. The second kappa shape index (κ2) is 6.13. The zero-order valence-electron chi connectivity index (χ0n) is 12.0. The minimum atomic E-state index is -0.299. The van der Waals surface area contributed by atoms with E-state index in [9.17, 15) is 4.79 Å². The van der Waals surface area contributed by atoms with Crippen LogP contribution in [0.15, 0.2) is 48.9 Å². The number of nitrogens with one attached hydrogen (secondary N) is 2. The molecule has 0 bridgehead atoms. The Kier molecular flexibility index (Phi) is 3.86. The number of anilines is 1. The third-order valence-corrected chi connectivity index (χ3v) is 3.18. The Morgan fingerprint density at radius 1 is 1.27 bits per heavy atom. The molecule has 1 aromatic carbocycles. The maximum Gasteiger partial charge on any atom is 0.319 e. The van der Waals surface area contributed by atoms with Crippen molar-refractivity contribution in [3.05, 3.63) is 54.5 Å². The number of carbonyl (C=O) groups is 1. The average Bonchev–Trinajstić information content (AvgIpc) is 3.03. The van der Waals surface area contributed by atoms with Crippen LogP contribution in [0.2, 0.25) is 0 Å². The monoisotopic (exact) mass is 297 g/mol. The molecule has 2 heterocycles. The van der Waals surface area contributed by atoms with E-state index in [-0.39, 0.29) is 6.03 Å². The molecule has 0 saturated carbocycles. The van der Waals surface area contributed by atoms with Gasteiger partial charge in [0, 0.05) is 12.7 Å². The van der Waals surface area contributed by atoms with Gasteiger partial charge in [0.2, 0.25) is 0 Å². The van der Waals surface area contributed by atoms with Crippen LogP contribution in [0.4, 0.5) is 10.5 Å². The van der Waals surface area contributed by atoms with Crippen molar-refractivity contribution in [3.8, 4) is 5.75 Å². The first-order valence-corrected chi connectivity index (χ1v) is 6.72. The highest BCUT2D eigenvalue weighted by Gasteiger charge is 2.07. The first-order valence-electron chi connectivity index (χ1n) is 6.72. The van der Waals surface area contributed by atoms with Crippen LogP contribution in [0, 0.1) is 0 Å². The Morgan fingerprint density at radius 3 is 2.86 bits per heavy atom. The number of pyridine rings is 1. The van der Waals surface area contributed by atoms with Crippen molar-refractivity contribution in [1.29, 1.82) is 0 Å². The molecule has 2 aromatic heterocycles. The van der Waals surface area contributed by atoms with Crippen molar-refractivity contribution in [3.63, 3.8) is 0 Å². The molecule has 2 N–H and O–H groups in total. The van der Waals surface area contributed by atoms with Crippen molar-refractivity contribution in [2.24, 2.45) is 0 Å². The average molecular weight is 297 g/mol. The van der Waals surface area contributed by atoms with Crippen LogP contribution < -0.4 is 15.4 Å². The summed E-state index contributed by atoms with van der Waals surface area (Å²) >= 11 is 0. The van der Waals surface area contributed by atoms with E-state index in [1.54, 1.807) is 23.9 Å². The van der Waals surface area contributed by atoms with E-state index < -0.39 is 0 Å². The molecule has 0 spiro atoms. The lowest BCUT2D eigenvalue weighted by atomic mass is 10.2. The summed E-state index contributed by atoms with van der Waals surface area (Å²) in [5.41, 5.74) is 2.19. The third kappa shape index (κ3) is 2.98. The van der Waals surface area contributed by atoms with Crippen molar-refractivity contribution >= 4 is 17.4 Å². The quantitative estimate of drug-likeness (QED) is 0.772. The molecule has 0 aliphatic carbocycles. The fourth-order valence-electron chi connectivity index (χ4n) is 2.04.